The third kappa shape index (κ3) is 5.07. The smallest absolute Gasteiger partial charge is 0.252 e. The molecule has 0 bridgehead atoms. The lowest BCUT2D eigenvalue weighted by Gasteiger charge is -2.13. The summed E-state index contributed by atoms with van der Waals surface area (Å²) >= 11 is 6.57. The van der Waals surface area contributed by atoms with E-state index in [1.165, 1.54) is 0 Å². The highest BCUT2D eigenvalue weighted by Gasteiger charge is 2.16. The number of nitrogens with one attached hydrogen (secondary N) is 1. The van der Waals surface area contributed by atoms with Crippen LogP contribution < -0.4 is 5.32 Å². The molecule has 0 radical (unpaired) electrons. The third-order valence-electron chi connectivity index (χ3n) is 2.10. The Kier molecular flexibility index (Phi) is 5.36. The van der Waals surface area contributed by atoms with E-state index in [0.29, 0.717) is 10.0 Å². The summed E-state index contributed by atoms with van der Waals surface area (Å²) in [4.78, 5) is 12.0. The molecule has 0 saturated heterocycles. The number of rotatable bonds is 4. The highest BCUT2D eigenvalue weighted by Crippen LogP contribution is 2.21. The van der Waals surface area contributed by atoms with Gasteiger partial charge in [0.15, 0.2) is 0 Å². The summed E-state index contributed by atoms with van der Waals surface area (Å²) in [5, 5.41) is 2.65. The first-order valence-electron chi connectivity index (χ1n) is 5.12. The van der Waals surface area contributed by atoms with Crippen LogP contribution in [-0.2, 0) is 9.84 Å². The molecule has 1 aromatic carbocycles. The lowest BCUT2D eigenvalue weighted by atomic mass is 10.2. The van der Waals surface area contributed by atoms with Gasteiger partial charge in [-0.2, -0.15) is 0 Å². The summed E-state index contributed by atoms with van der Waals surface area (Å²) < 4.78 is 23.7. The molecule has 1 rings (SSSR count). The van der Waals surface area contributed by atoms with Crippen molar-refractivity contribution in [2.24, 2.45) is 0 Å². The fourth-order valence-electron chi connectivity index (χ4n) is 1.47. The Labute approximate surface area is 123 Å². The quantitative estimate of drug-likeness (QED) is 0.846. The third-order valence-corrected chi connectivity index (χ3v) is 4.39. The van der Waals surface area contributed by atoms with Crippen molar-refractivity contribution in [3.63, 3.8) is 0 Å². The van der Waals surface area contributed by atoms with Crippen LogP contribution in [0.1, 0.15) is 17.3 Å². The van der Waals surface area contributed by atoms with Gasteiger partial charge in [-0.3, -0.25) is 4.79 Å². The molecular weight excluding hydrogens is 386 g/mol. The summed E-state index contributed by atoms with van der Waals surface area (Å²) in [6.45, 7) is 1.66. The molecule has 1 aromatic rings. The van der Waals surface area contributed by atoms with Crippen LogP contribution in [0.3, 0.4) is 0 Å². The van der Waals surface area contributed by atoms with Crippen molar-refractivity contribution < 1.29 is 13.2 Å². The number of hydrogen-bond acceptors (Lipinski definition) is 3. The van der Waals surface area contributed by atoms with E-state index in [-0.39, 0.29) is 11.7 Å². The minimum absolute atomic E-state index is 0.0790. The molecule has 0 aliphatic rings. The molecule has 1 atom stereocenters. The van der Waals surface area contributed by atoms with Crippen LogP contribution in [0.15, 0.2) is 27.1 Å². The van der Waals surface area contributed by atoms with Crippen LogP contribution in [0.4, 0.5) is 0 Å². The number of sulfone groups is 1. The Morgan fingerprint density at radius 1 is 1.39 bits per heavy atom. The Bertz CT molecular complexity index is 557. The Morgan fingerprint density at radius 2 is 2.00 bits per heavy atom. The van der Waals surface area contributed by atoms with E-state index in [2.05, 4.69) is 37.2 Å². The van der Waals surface area contributed by atoms with Crippen molar-refractivity contribution in [1.82, 2.24) is 5.32 Å². The minimum Gasteiger partial charge on any atom is -0.349 e. The second-order valence-corrected chi connectivity index (χ2v) is 8.05. The van der Waals surface area contributed by atoms with Crippen LogP contribution in [0.2, 0.25) is 0 Å². The summed E-state index contributed by atoms with van der Waals surface area (Å²) in [7, 11) is -3.11. The van der Waals surface area contributed by atoms with Gasteiger partial charge in [0.05, 0.1) is 11.3 Å². The van der Waals surface area contributed by atoms with Gasteiger partial charge in [-0.25, -0.2) is 8.42 Å². The molecule has 1 N–H and O–H groups in total. The molecule has 1 amide bonds. The van der Waals surface area contributed by atoms with Gasteiger partial charge in [0.25, 0.3) is 5.91 Å². The number of halogens is 2. The standard InChI is InChI=1S/C11H13Br2NO3S/c1-7(6-18(2,16)17)14-11(15)9-5-8(12)3-4-10(9)13/h3-5,7H,6H2,1-2H3,(H,14,15). The van der Waals surface area contributed by atoms with Gasteiger partial charge < -0.3 is 5.32 Å². The first kappa shape index (κ1) is 15.7. The monoisotopic (exact) mass is 397 g/mol. The summed E-state index contributed by atoms with van der Waals surface area (Å²) in [5.41, 5.74) is 0.463. The van der Waals surface area contributed by atoms with Crippen LogP contribution in [0, 0.1) is 0 Å². The van der Waals surface area contributed by atoms with E-state index in [0.717, 1.165) is 10.7 Å². The van der Waals surface area contributed by atoms with Gasteiger partial charge >= 0.3 is 0 Å². The zero-order valence-corrected chi connectivity index (χ0v) is 13.9. The van der Waals surface area contributed by atoms with E-state index in [1.807, 2.05) is 0 Å². The van der Waals surface area contributed by atoms with Crippen molar-refractivity contribution in [2.45, 2.75) is 13.0 Å². The average Bonchev–Trinajstić information content (AvgIpc) is 2.18. The van der Waals surface area contributed by atoms with Gasteiger partial charge in [0, 0.05) is 21.2 Å². The highest BCUT2D eigenvalue weighted by atomic mass is 79.9. The molecule has 0 heterocycles. The average molecular weight is 399 g/mol. The summed E-state index contributed by atoms with van der Waals surface area (Å²) in [5.74, 6) is -0.385. The Balaban J connectivity index is 2.80. The van der Waals surface area contributed by atoms with Gasteiger partial charge in [0.2, 0.25) is 0 Å². The normalized spacial score (nSPS) is 13.1. The zero-order valence-electron chi connectivity index (χ0n) is 9.91. The number of carbonyl (C=O) groups is 1. The van der Waals surface area contributed by atoms with E-state index in [9.17, 15) is 13.2 Å². The largest absolute Gasteiger partial charge is 0.349 e. The van der Waals surface area contributed by atoms with Gasteiger partial charge in [0.1, 0.15) is 9.84 Å². The maximum absolute atomic E-state index is 12.0. The topological polar surface area (TPSA) is 63.2 Å². The molecule has 0 aromatic heterocycles. The number of carbonyl (C=O) groups excluding carboxylic acids is 1. The van der Waals surface area contributed by atoms with Crippen molar-refractivity contribution in [3.05, 3.63) is 32.7 Å². The van der Waals surface area contributed by atoms with Gasteiger partial charge in [-0.1, -0.05) is 15.9 Å². The SMILES string of the molecule is CC(CS(C)(=O)=O)NC(=O)c1cc(Br)ccc1Br. The molecular formula is C11H13Br2NO3S. The lowest BCUT2D eigenvalue weighted by Crippen LogP contribution is -2.37. The molecule has 0 saturated carbocycles. The fourth-order valence-corrected chi connectivity index (χ4v) is 3.25. The number of hydrogen-bond donors (Lipinski definition) is 1. The highest BCUT2D eigenvalue weighted by molar-refractivity contribution is 9.11. The second kappa shape index (κ2) is 6.16. The predicted octanol–water partition coefficient (Wildman–Crippen LogP) is 2.37. The summed E-state index contributed by atoms with van der Waals surface area (Å²) in [6.07, 6.45) is 1.14. The number of benzene rings is 1. The van der Waals surface area contributed by atoms with Crippen LogP contribution in [0.5, 0.6) is 0 Å². The van der Waals surface area contributed by atoms with Crippen molar-refractivity contribution in [3.8, 4) is 0 Å². The predicted molar refractivity (Wildman–Crippen MR) is 78.5 cm³/mol. The van der Waals surface area contributed by atoms with Gasteiger partial charge in [-0.05, 0) is 41.1 Å². The molecule has 0 aliphatic heterocycles. The molecule has 7 heteroatoms. The molecule has 0 aliphatic carbocycles. The van der Waals surface area contributed by atoms with Crippen LogP contribution in [-0.4, -0.2) is 32.4 Å². The van der Waals surface area contributed by atoms with E-state index < -0.39 is 15.9 Å². The fraction of sp³-hybridized carbons (Fsp3) is 0.364. The Morgan fingerprint density at radius 3 is 2.56 bits per heavy atom. The van der Waals surface area contributed by atoms with Crippen molar-refractivity contribution in [2.75, 3.05) is 12.0 Å². The Hall–Kier alpha value is -0.400. The summed E-state index contributed by atoms with van der Waals surface area (Å²) in [6, 6.07) is 4.80. The molecule has 100 valence electrons. The molecule has 18 heavy (non-hydrogen) atoms. The van der Waals surface area contributed by atoms with Crippen LogP contribution in [0.25, 0.3) is 0 Å². The van der Waals surface area contributed by atoms with E-state index in [1.54, 1.807) is 25.1 Å². The maximum atomic E-state index is 12.0. The molecule has 4 nitrogen and oxygen atoms in total. The maximum Gasteiger partial charge on any atom is 0.252 e. The first-order valence-corrected chi connectivity index (χ1v) is 8.77. The van der Waals surface area contributed by atoms with Crippen molar-refractivity contribution >= 4 is 47.6 Å². The minimum atomic E-state index is -3.11. The zero-order chi connectivity index (χ0) is 13.9. The second-order valence-electron chi connectivity index (χ2n) is 4.09. The van der Waals surface area contributed by atoms with Crippen molar-refractivity contribution in [1.29, 1.82) is 0 Å². The lowest BCUT2D eigenvalue weighted by molar-refractivity contribution is 0.0943. The van der Waals surface area contributed by atoms with E-state index >= 15 is 0 Å². The van der Waals surface area contributed by atoms with Gasteiger partial charge in [-0.15, -0.1) is 0 Å². The molecule has 0 spiro atoms. The van der Waals surface area contributed by atoms with E-state index in [4.69, 9.17) is 0 Å². The first-order chi connectivity index (χ1) is 8.19. The molecule has 1 unspecified atom stereocenters. The number of amides is 1. The van der Waals surface area contributed by atoms with Crippen LogP contribution >= 0.6 is 31.9 Å². The molecule has 0 fully saturated rings.